The molecule has 4 nitrogen and oxygen atoms in total. The largest absolute Gasteiger partial charge is 0.491 e. The second-order valence-corrected chi connectivity index (χ2v) is 3.62. The van der Waals surface area contributed by atoms with Crippen molar-refractivity contribution in [3.63, 3.8) is 0 Å². The minimum atomic E-state index is 0.439. The van der Waals surface area contributed by atoms with Gasteiger partial charge < -0.3 is 13.9 Å². The molecule has 1 aromatic carbocycles. The summed E-state index contributed by atoms with van der Waals surface area (Å²) in [5.41, 5.74) is 0.587. The molecule has 1 heterocycles. The standard InChI is InChI=1S/C14H13NO3/c15-10-12-3-1-4-13(9-12)18-8-7-16-11-14-5-2-6-17-14/h1-6,9H,7-8,11H2. The van der Waals surface area contributed by atoms with Gasteiger partial charge in [-0.1, -0.05) is 6.07 Å². The normalized spacial score (nSPS) is 9.94. The quantitative estimate of drug-likeness (QED) is 0.732. The molecule has 0 saturated carbocycles. The van der Waals surface area contributed by atoms with Gasteiger partial charge in [0.15, 0.2) is 0 Å². The molecular weight excluding hydrogens is 230 g/mol. The summed E-state index contributed by atoms with van der Waals surface area (Å²) in [5.74, 6) is 1.47. The van der Waals surface area contributed by atoms with Crippen molar-refractivity contribution in [2.24, 2.45) is 0 Å². The Morgan fingerprint density at radius 3 is 2.89 bits per heavy atom. The fourth-order valence-electron chi connectivity index (χ4n) is 1.44. The maximum absolute atomic E-state index is 8.74. The summed E-state index contributed by atoms with van der Waals surface area (Å²) < 4.78 is 16.0. The number of hydrogen-bond acceptors (Lipinski definition) is 4. The number of ether oxygens (including phenoxy) is 2. The summed E-state index contributed by atoms with van der Waals surface area (Å²) in [5, 5.41) is 8.74. The SMILES string of the molecule is N#Cc1cccc(OCCOCc2ccco2)c1. The van der Waals surface area contributed by atoms with E-state index in [2.05, 4.69) is 6.07 Å². The summed E-state index contributed by atoms with van der Waals surface area (Å²) >= 11 is 0. The highest BCUT2D eigenvalue weighted by molar-refractivity contribution is 5.36. The topological polar surface area (TPSA) is 55.4 Å². The molecule has 0 radical (unpaired) electrons. The van der Waals surface area contributed by atoms with Crippen molar-refractivity contribution in [3.05, 3.63) is 54.0 Å². The molecule has 92 valence electrons. The van der Waals surface area contributed by atoms with Crippen molar-refractivity contribution in [2.75, 3.05) is 13.2 Å². The molecule has 0 unspecified atom stereocenters. The summed E-state index contributed by atoms with van der Waals surface area (Å²) in [6.45, 7) is 1.35. The van der Waals surface area contributed by atoms with E-state index in [9.17, 15) is 0 Å². The summed E-state index contributed by atoms with van der Waals surface area (Å²) in [6.07, 6.45) is 1.61. The van der Waals surface area contributed by atoms with Crippen molar-refractivity contribution < 1.29 is 13.9 Å². The molecule has 0 N–H and O–H groups in total. The van der Waals surface area contributed by atoms with Gasteiger partial charge in [0, 0.05) is 0 Å². The van der Waals surface area contributed by atoms with Crippen LogP contribution in [0.15, 0.2) is 47.1 Å². The number of nitrogens with zero attached hydrogens (tertiary/aromatic N) is 1. The highest BCUT2D eigenvalue weighted by Gasteiger charge is 1.98. The van der Waals surface area contributed by atoms with Gasteiger partial charge >= 0.3 is 0 Å². The molecular formula is C14H13NO3. The molecule has 0 atom stereocenters. The van der Waals surface area contributed by atoms with E-state index in [0.717, 1.165) is 5.76 Å². The van der Waals surface area contributed by atoms with Crippen LogP contribution in [-0.2, 0) is 11.3 Å². The van der Waals surface area contributed by atoms with Crippen LogP contribution in [0.2, 0.25) is 0 Å². The number of benzene rings is 1. The summed E-state index contributed by atoms with van der Waals surface area (Å²) in [6, 6.07) is 12.8. The lowest BCUT2D eigenvalue weighted by Crippen LogP contribution is -2.06. The molecule has 1 aromatic heterocycles. The smallest absolute Gasteiger partial charge is 0.129 e. The molecule has 2 aromatic rings. The third kappa shape index (κ3) is 3.65. The Balaban J connectivity index is 1.67. The van der Waals surface area contributed by atoms with Crippen LogP contribution < -0.4 is 4.74 Å². The highest BCUT2D eigenvalue weighted by atomic mass is 16.5. The third-order valence-electron chi connectivity index (χ3n) is 2.28. The first-order valence-corrected chi connectivity index (χ1v) is 5.61. The Morgan fingerprint density at radius 2 is 2.11 bits per heavy atom. The molecule has 0 aliphatic heterocycles. The molecule has 0 bridgehead atoms. The zero-order valence-electron chi connectivity index (χ0n) is 9.83. The highest BCUT2D eigenvalue weighted by Crippen LogP contribution is 2.12. The van der Waals surface area contributed by atoms with E-state index in [1.165, 1.54) is 0 Å². The maximum Gasteiger partial charge on any atom is 0.129 e. The van der Waals surface area contributed by atoms with Crippen molar-refractivity contribution in [1.82, 2.24) is 0 Å². The van der Waals surface area contributed by atoms with E-state index in [1.807, 2.05) is 18.2 Å². The average Bonchev–Trinajstić information content (AvgIpc) is 2.92. The van der Waals surface area contributed by atoms with Crippen LogP contribution in [0.4, 0.5) is 0 Å². The molecule has 0 aliphatic carbocycles. The molecule has 4 heteroatoms. The minimum absolute atomic E-state index is 0.439. The van der Waals surface area contributed by atoms with E-state index in [4.69, 9.17) is 19.2 Å². The zero-order valence-corrected chi connectivity index (χ0v) is 9.83. The van der Waals surface area contributed by atoms with Crippen molar-refractivity contribution in [3.8, 4) is 11.8 Å². The van der Waals surface area contributed by atoms with Crippen LogP contribution in [0.5, 0.6) is 5.75 Å². The lowest BCUT2D eigenvalue weighted by molar-refractivity contribution is 0.0781. The van der Waals surface area contributed by atoms with Crippen LogP contribution in [-0.4, -0.2) is 13.2 Å². The van der Waals surface area contributed by atoms with Crippen molar-refractivity contribution >= 4 is 0 Å². The van der Waals surface area contributed by atoms with E-state index >= 15 is 0 Å². The molecule has 0 amide bonds. The van der Waals surface area contributed by atoms with Gasteiger partial charge in [0.1, 0.15) is 24.7 Å². The number of furan rings is 1. The Hall–Kier alpha value is -2.25. The van der Waals surface area contributed by atoms with Gasteiger partial charge in [0.2, 0.25) is 0 Å². The maximum atomic E-state index is 8.74. The monoisotopic (exact) mass is 243 g/mol. The summed E-state index contributed by atoms with van der Waals surface area (Å²) in [4.78, 5) is 0. The lowest BCUT2D eigenvalue weighted by Gasteiger charge is -2.06. The van der Waals surface area contributed by atoms with Gasteiger partial charge in [-0.2, -0.15) is 5.26 Å². The Bertz CT molecular complexity index is 514. The first-order chi connectivity index (χ1) is 8.88. The Labute approximate surface area is 105 Å². The van der Waals surface area contributed by atoms with Gasteiger partial charge in [-0.15, -0.1) is 0 Å². The van der Waals surface area contributed by atoms with Crippen LogP contribution in [0.1, 0.15) is 11.3 Å². The van der Waals surface area contributed by atoms with Crippen LogP contribution in [0.3, 0.4) is 0 Å². The fraction of sp³-hybridized carbons (Fsp3) is 0.214. The second-order valence-electron chi connectivity index (χ2n) is 3.62. The summed E-state index contributed by atoms with van der Waals surface area (Å²) in [7, 11) is 0. The van der Waals surface area contributed by atoms with E-state index in [1.54, 1.807) is 24.5 Å². The predicted molar refractivity (Wildman–Crippen MR) is 65.0 cm³/mol. The average molecular weight is 243 g/mol. The number of rotatable bonds is 6. The second kappa shape index (κ2) is 6.48. The van der Waals surface area contributed by atoms with Gasteiger partial charge in [-0.3, -0.25) is 0 Å². The van der Waals surface area contributed by atoms with Crippen LogP contribution in [0.25, 0.3) is 0 Å². The molecule has 2 rings (SSSR count). The number of hydrogen-bond donors (Lipinski definition) is 0. The Morgan fingerprint density at radius 1 is 1.17 bits per heavy atom. The van der Waals surface area contributed by atoms with Gasteiger partial charge in [-0.25, -0.2) is 0 Å². The first-order valence-electron chi connectivity index (χ1n) is 5.61. The Kier molecular flexibility index (Phi) is 4.39. The zero-order chi connectivity index (χ0) is 12.6. The lowest BCUT2D eigenvalue weighted by atomic mass is 10.2. The van der Waals surface area contributed by atoms with Crippen molar-refractivity contribution in [2.45, 2.75) is 6.61 Å². The van der Waals surface area contributed by atoms with E-state index in [0.29, 0.717) is 31.1 Å². The first kappa shape index (κ1) is 12.2. The molecule has 0 saturated heterocycles. The molecule has 0 spiro atoms. The molecule has 0 fully saturated rings. The predicted octanol–water partition coefficient (Wildman–Crippen LogP) is 2.75. The van der Waals surface area contributed by atoms with Gasteiger partial charge in [0.25, 0.3) is 0 Å². The van der Waals surface area contributed by atoms with Crippen LogP contribution >= 0.6 is 0 Å². The van der Waals surface area contributed by atoms with Crippen LogP contribution in [0, 0.1) is 11.3 Å². The van der Waals surface area contributed by atoms with Gasteiger partial charge in [-0.05, 0) is 30.3 Å². The minimum Gasteiger partial charge on any atom is -0.491 e. The van der Waals surface area contributed by atoms with E-state index in [-0.39, 0.29) is 0 Å². The molecule has 18 heavy (non-hydrogen) atoms. The fourth-order valence-corrected chi connectivity index (χ4v) is 1.44. The third-order valence-corrected chi connectivity index (χ3v) is 2.28. The van der Waals surface area contributed by atoms with E-state index < -0.39 is 0 Å². The number of nitriles is 1. The van der Waals surface area contributed by atoms with Crippen molar-refractivity contribution in [1.29, 1.82) is 5.26 Å². The molecule has 0 aliphatic rings. The van der Waals surface area contributed by atoms with Gasteiger partial charge in [0.05, 0.1) is 24.5 Å².